The van der Waals surface area contributed by atoms with Gasteiger partial charge in [-0.15, -0.1) is 0 Å². The van der Waals surface area contributed by atoms with E-state index in [-0.39, 0.29) is 39.6 Å². The van der Waals surface area contributed by atoms with Gasteiger partial charge in [0.25, 0.3) is 11.2 Å². The van der Waals surface area contributed by atoms with Crippen LogP contribution in [0.3, 0.4) is 0 Å². The second kappa shape index (κ2) is 11.4. The maximum absolute atomic E-state index is 13.3. The van der Waals surface area contributed by atoms with Crippen LogP contribution in [-0.4, -0.2) is 20.8 Å². The number of non-ortho nitro benzene ring substituents is 1. The Balaban J connectivity index is 1.64. The Bertz CT molecular complexity index is 1570. The third-order valence-electron chi connectivity index (χ3n) is 5.73. The number of hydrogen-bond donors (Lipinski definition) is 0. The van der Waals surface area contributed by atoms with Crippen LogP contribution in [-0.2, 0) is 6.61 Å². The summed E-state index contributed by atoms with van der Waals surface area (Å²) in [6.07, 6.45) is 2.26. The molecule has 0 N–H and O–H groups in total. The summed E-state index contributed by atoms with van der Waals surface area (Å²) >= 11 is 16.3. The highest BCUT2D eigenvalue weighted by Crippen LogP contribution is 2.34. The van der Waals surface area contributed by atoms with Crippen LogP contribution in [0.1, 0.15) is 43.1 Å². The third kappa shape index (κ3) is 6.01. The number of nitro groups is 1. The van der Waals surface area contributed by atoms with E-state index in [0.29, 0.717) is 27.9 Å². The molecule has 0 radical (unpaired) electrons. The lowest BCUT2D eigenvalue weighted by Crippen LogP contribution is -2.23. The summed E-state index contributed by atoms with van der Waals surface area (Å²) in [5.74, 6) is 0.781. The van der Waals surface area contributed by atoms with Gasteiger partial charge in [0, 0.05) is 22.5 Å². The molecule has 4 aromatic rings. The normalized spacial score (nSPS) is 12.2. The van der Waals surface area contributed by atoms with E-state index in [1.165, 1.54) is 23.0 Å². The van der Waals surface area contributed by atoms with Crippen molar-refractivity contribution in [2.24, 2.45) is 5.10 Å². The average Bonchev–Trinajstić information content (AvgIpc) is 2.87. The third-order valence-corrected chi connectivity index (χ3v) is 6.79. The van der Waals surface area contributed by atoms with E-state index in [2.05, 4.69) is 21.0 Å². The number of rotatable bonds is 8. The van der Waals surface area contributed by atoms with Crippen LogP contribution in [0.2, 0.25) is 10.0 Å². The summed E-state index contributed by atoms with van der Waals surface area (Å²) < 4.78 is 7.82. The maximum Gasteiger partial charge on any atom is 0.282 e. The Morgan fingerprint density at radius 1 is 1.19 bits per heavy atom. The van der Waals surface area contributed by atoms with Gasteiger partial charge >= 0.3 is 0 Å². The van der Waals surface area contributed by atoms with Gasteiger partial charge in [-0.25, -0.2) is 4.98 Å². The molecule has 0 bridgehead atoms. The Kier molecular flexibility index (Phi) is 8.26. The molecule has 11 heteroatoms. The summed E-state index contributed by atoms with van der Waals surface area (Å²) in [5.41, 5.74) is 1.43. The number of halogens is 3. The molecule has 1 aromatic heterocycles. The molecule has 0 aliphatic heterocycles. The van der Waals surface area contributed by atoms with E-state index in [9.17, 15) is 14.9 Å². The van der Waals surface area contributed by atoms with Crippen LogP contribution >= 0.6 is 39.1 Å². The maximum atomic E-state index is 13.3. The Morgan fingerprint density at radius 2 is 1.92 bits per heavy atom. The quantitative estimate of drug-likeness (QED) is 0.119. The van der Waals surface area contributed by atoms with Crippen molar-refractivity contribution in [1.29, 1.82) is 0 Å². The first kappa shape index (κ1) is 26.8. The van der Waals surface area contributed by atoms with Crippen LogP contribution in [0.5, 0.6) is 5.75 Å². The zero-order chi connectivity index (χ0) is 26.7. The number of benzene rings is 3. The highest BCUT2D eigenvalue weighted by molar-refractivity contribution is 9.10. The van der Waals surface area contributed by atoms with Crippen LogP contribution in [0, 0.1) is 10.1 Å². The number of fused-ring (bicyclic) bond motifs is 1. The van der Waals surface area contributed by atoms with Crippen LogP contribution in [0.25, 0.3) is 10.9 Å². The fourth-order valence-electron chi connectivity index (χ4n) is 3.61. The Morgan fingerprint density at radius 3 is 2.59 bits per heavy atom. The molecule has 0 aliphatic carbocycles. The zero-order valence-electron chi connectivity index (χ0n) is 19.8. The van der Waals surface area contributed by atoms with Crippen molar-refractivity contribution in [3.05, 3.63) is 107 Å². The molecule has 190 valence electrons. The lowest BCUT2D eigenvalue weighted by molar-refractivity contribution is -0.384. The summed E-state index contributed by atoms with van der Waals surface area (Å²) in [4.78, 5) is 28.5. The van der Waals surface area contributed by atoms with E-state index in [0.717, 1.165) is 10.9 Å². The molecule has 4 rings (SSSR count). The number of nitrogens with zero attached hydrogens (tertiary/aromatic N) is 4. The standard InChI is InChI=1S/C26H21BrCl2N4O4/c1-3-15(2)25-31-23-8-7-18(27)12-20(23)26(34)32(25)30-13-17-10-21(28)24(22(29)11-17)37-14-16-5-4-6-19(9-16)33(35)36/h4-13,15H,3,14H2,1-2H3/t15-/m1/s1. The molecule has 0 unspecified atom stereocenters. The lowest BCUT2D eigenvalue weighted by Gasteiger charge is -2.14. The minimum Gasteiger partial charge on any atom is -0.486 e. The average molecular weight is 604 g/mol. The largest absolute Gasteiger partial charge is 0.486 e. The van der Waals surface area contributed by atoms with E-state index in [1.807, 2.05) is 19.9 Å². The minimum atomic E-state index is -0.473. The first-order chi connectivity index (χ1) is 17.7. The zero-order valence-corrected chi connectivity index (χ0v) is 22.9. The molecule has 0 saturated carbocycles. The van der Waals surface area contributed by atoms with Gasteiger partial charge in [-0.05, 0) is 47.9 Å². The molecule has 1 heterocycles. The molecule has 37 heavy (non-hydrogen) atoms. The van der Waals surface area contributed by atoms with E-state index < -0.39 is 4.92 Å². The molecular formula is C26H21BrCl2N4O4. The highest BCUT2D eigenvalue weighted by Gasteiger charge is 2.16. The van der Waals surface area contributed by atoms with Crippen molar-refractivity contribution in [3.8, 4) is 5.75 Å². The first-order valence-electron chi connectivity index (χ1n) is 11.3. The van der Waals surface area contributed by atoms with Gasteiger partial charge in [0.15, 0.2) is 5.75 Å². The monoisotopic (exact) mass is 602 g/mol. The van der Waals surface area contributed by atoms with Gasteiger partial charge in [0.05, 0.1) is 32.1 Å². The van der Waals surface area contributed by atoms with Crippen molar-refractivity contribution in [2.75, 3.05) is 0 Å². The van der Waals surface area contributed by atoms with E-state index in [4.69, 9.17) is 32.9 Å². The van der Waals surface area contributed by atoms with Gasteiger partial charge in [0.2, 0.25) is 0 Å². The Labute approximate surface area is 230 Å². The van der Waals surface area contributed by atoms with Crippen molar-refractivity contribution in [3.63, 3.8) is 0 Å². The molecule has 0 aliphatic rings. The van der Waals surface area contributed by atoms with Crippen LogP contribution in [0.4, 0.5) is 5.69 Å². The van der Waals surface area contributed by atoms with Gasteiger partial charge in [-0.2, -0.15) is 9.78 Å². The minimum absolute atomic E-state index is 0.00494. The van der Waals surface area contributed by atoms with Crippen molar-refractivity contribution in [1.82, 2.24) is 9.66 Å². The van der Waals surface area contributed by atoms with Crippen LogP contribution < -0.4 is 10.3 Å². The van der Waals surface area contributed by atoms with E-state index in [1.54, 1.807) is 36.4 Å². The smallest absolute Gasteiger partial charge is 0.282 e. The topological polar surface area (TPSA) is 99.6 Å². The summed E-state index contributed by atoms with van der Waals surface area (Å²) in [6.45, 7) is 4.04. The lowest BCUT2D eigenvalue weighted by atomic mass is 10.1. The molecular weight excluding hydrogens is 583 g/mol. The fraction of sp³-hybridized carbons (Fsp3) is 0.192. The van der Waals surface area contributed by atoms with Gasteiger partial charge in [-0.3, -0.25) is 14.9 Å². The summed E-state index contributed by atoms with van der Waals surface area (Å²) in [5, 5.41) is 16.3. The number of aromatic nitrogens is 2. The molecule has 0 fully saturated rings. The van der Waals surface area contributed by atoms with Crippen molar-refractivity contribution >= 4 is 61.9 Å². The molecule has 0 spiro atoms. The highest BCUT2D eigenvalue weighted by atomic mass is 79.9. The van der Waals surface area contributed by atoms with Crippen molar-refractivity contribution < 1.29 is 9.66 Å². The second-order valence-electron chi connectivity index (χ2n) is 8.33. The van der Waals surface area contributed by atoms with Crippen molar-refractivity contribution in [2.45, 2.75) is 32.8 Å². The second-order valence-corrected chi connectivity index (χ2v) is 10.1. The first-order valence-corrected chi connectivity index (χ1v) is 12.8. The Hall–Kier alpha value is -3.27. The molecule has 0 amide bonds. The molecule has 1 atom stereocenters. The number of nitro benzene ring substituents is 1. The van der Waals surface area contributed by atoms with E-state index >= 15 is 0 Å². The predicted octanol–water partition coefficient (Wildman–Crippen LogP) is 7.35. The fourth-order valence-corrected chi connectivity index (χ4v) is 4.58. The molecule has 0 saturated heterocycles. The number of hydrogen-bond acceptors (Lipinski definition) is 6. The summed E-state index contributed by atoms with van der Waals surface area (Å²) in [6, 6.07) is 14.7. The SMILES string of the molecule is CC[C@@H](C)c1nc2ccc(Br)cc2c(=O)n1N=Cc1cc(Cl)c(OCc2cccc([N+](=O)[O-])c2)c(Cl)c1. The van der Waals surface area contributed by atoms with Crippen LogP contribution in [0.15, 0.2) is 69.0 Å². The van der Waals surface area contributed by atoms with Gasteiger partial charge < -0.3 is 4.74 Å². The molecule has 3 aromatic carbocycles. The van der Waals surface area contributed by atoms with Gasteiger partial charge in [0.1, 0.15) is 12.4 Å². The predicted molar refractivity (Wildman–Crippen MR) is 149 cm³/mol. The summed E-state index contributed by atoms with van der Waals surface area (Å²) in [7, 11) is 0. The number of ether oxygens (including phenoxy) is 1. The molecule has 8 nitrogen and oxygen atoms in total. The van der Waals surface area contributed by atoms with Gasteiger partial charge in [-0.1, -0.05) is 65.1 Å².